The van der Waals surface area contributed by atoms with Gasteiger partial charge in [0.1, 0.15) is 0 Å². The smallest absolute Gasteiger partial charge is 0.223 e. The van der Waals surface area contributed by atoms with Crippen molar-refractivity contribution in [3.63, 3.8) is 0 Å². The molecule has 0 aliphatic carbocycles. The number of hydrogen-bond donors (Lipinski definition) is 1. The summed E-state index contributed by atoms with van der Waals surface area (Å²) >= 11 is 5.69. The molecule has 1 amide bonds. The zero-order valence-corrected chi connectivity index (χ0v) is 17.3. The van der Waals surface area contributed by atoms with Gasteiger partial charge in [0.15, 0.2) is 10.6 Å². The van der Waals surface area contributed by atoms with Crippen LogP contribution in [0.2, 0.25) is 0 Å². The summed E-state index contributed by atoms with van der Waals surface area (Å²) < 4.78 is 4.76. The Kier molecular flexibility index (Phi) is 6.44. The standard InChI is InChI=1S/C20H29N5OS/c1-4-21-19(26)16-9-11-23(12-10-16)14-25-20(27)24(5-2)18(22-25)17-8-6-7-15(3)13-17/h6-8,13,16H,4-5,9-12,14H2,1-3H3,(H,21,26). The molecule has 6 nitrogen and oxygen atoms in total. The van der Waals surface area contributed by atoms with Gasteiger partial charge in [-0.25, -0.2) is 4.68 Å². The van der Waals surface area contributed by atoms with Crippen molar-refractivity contribution in [2.24, 2.45) is 5.92 Å². The van der Waals surface area contributed by atoms with Gasteiger partial charge in [-0.05, 0) is 51.9 Å². The van der Waals surface area contributed by atoms with Crippen molar-refractivity contribution < 1.29 is 4.79 Å². The molecule has 1 aliphatic rings. The summed E-state index contributed by atoms with van der Waals surface area (Å²) in [6.07, 6.45) is 1.77. The molecule has 2 heterocycles. The van der Waals surface area contributed by atoms with Crippen LogP contribution in [0.15, 0.2) is 24.3 Å². The van der Waals surface area contributed by atoms with E-state index in [9.17, 15) is 4.79 Å². The van der Waals surface area contributed by atoms with Crippen molar-refractivity contribution in [2.45, 2.75) is 46.8 Å². The normalized spacial score (nSPS) is 15.8. The third kappa shape index (κ3) is 4.47. The SMILES string of the molecule is CCNC(=O)C1CCN(Cn2nc(-c3cccc(C)c3)n(CC)c2=S)CC1. The molecular weight excluding hydrogens is 358 g/mol. The van der Waals surface area contributed by atoms with E-state index >= 15 is 0 Å². The van der Waals surface area contributed by atoms with E-state index in [1.807, 2.05) is 11.6 Å². The lowest BCUT2D eigenvalue weighted by atomic mass is 9.96. The van der Waals surface area contributed by atoms with Gasteiger partial charge in [-0.3, -0.25) is 9.69 Å². The van der Waals surface area contributed by atoms with E-state index in [0.29, 0.717) is 13.2 Å². The summed E-state index contributed by atoms with van der Waals surface area (Å²) in [6, 6.07) is 8.37. The molecule has 0 spiro atoms. The number of likely N-dealkylation sites (tertiary alicyclic amines) is 1. The highest BCUT2D eigenvalue weighted by Crippen LogP contribution is 2.21. The maximum absolute atomic E-state index is 12.0. The fourth-order valence-electron chi connectivity index (χ4n) is 3.66. The van der Waals surface area contributed by atoms with E-state index in [1.165, 1.54) is 5.56 Å². The lowest BCUT2D eigenvalue weighted by Crippen LogP contribution is -2.41. The van der Waals surface area contributed by atoms with Crippen molar-refractivity contribution >= 4 is 18.1 Å². The second-order valence-corrected chi connectivity index (χ2v) is 7.51. The molecule has 0 bridgehead atoms. The molecule has 3 rings (SSSR count). The van der Waals surface area contributed by atoms with Crippen molar-refractivity contribution in [1.82, 2.24) is 24.6 Å². The van der Waals surface area contributed by atoms with Crippen LogP contribution >= 0.6 is 12.2 Å². The molecule has 1 aliphatic heterocycles. The molecule has 0 atom stereocenters. The van der Waals surface area contributed by atoms with Crippen LogP contribution in [-0.2, 0) is 18.0 Å². The zero-order chi connectivity index (χ0) is 19.4. The van der Waals surface area contributed by atoms with Crippen LogP contribution in [0.5, 0.6) is 0 Å². The van der Waals surface area contributed by atoms with E-state index in [2.05, 4.69) is 52.9 Å². The highest BCUT2D eigenvalue weighted by molar-refractivity contribution is 7.71. The van der Waals surface area contributed by atoms with Crippen molar-refractivity contribution in [3.05, 3.63) is 34.6 Å². The van der Waals surface area contributed by atoms with Crippen molar-refractivity contribution in [2.75, 3.05) is 19.6 Å². The Hall–Kier alpha value is -1.99. The Morgan fingerprint density at radius 1 is 1.30 bits per heavy atom. The number of hydrogen-bond acceptors (Lipinski definition) is 4. The van der Waals surface area contributed by atoms with Gasteiger partial charge in [0, 0.05) is 37.7 Å². The summed E-state index contributed by atoms with van der Waals surface area (Å²) in [5.74, 6) is 1.24. The molecule has 1 aromatic heterocycles. The van der Waals surface area contributed by atoms with Crippen molar-refractivity contribution in [1.29, 1.82) is 0 Å². The van der Waals surface area contributed by atoms with E-state index in [-0.39, 0.29) is 11.8 Å². The molecule has 146 valence electrons. The number of nitrogens with one attached hydrogen (secondary N) is 1. The van der Waals surface area contributed by atoms with Gasteiger partial charge in [0.25, 0.3) is 0 Å². The number of aryl methyl sites for hydroxylation is 1. The average molecular weight is 388 g/mol. The second-order valence-electron chi connectivity index (χ2n) is 7.15. The first kappa shape index (κ1) is 19.8. The number of amides is 1. The number of carbonyl (C=O) groups excluding carboxylic acids is 1. The number of benzene rings is 1. The largest absolute Gasteiger partial charge is 0.356 e. The van der Waals surface area contributed by atoms with Gasteiger partial charge in [0.05, 0.1) is 6.67 Å². The first-order valence-corrected chi connectivity index (χ1v) is 10.2. The first-order chi connectivity index (χ1) is 13.0. The van der Waals surface area contributed by atoms with E-state index in [1.54, 1.807) is 0 Å². The van der Waals surface area contributed by atoms with E-state index < -0.39 is 0 Å². The quantitative estimate of drug-likeness (QED) is 0.774. The zero-order valence-electron chi connectivity index (χ0n) is 16.4. The molecule has 27 heavy (non-hydrogen) atoms. The third-order valence-corrected chi connectivity index (χ3v) is 5.59. The summed E-state index contributed by atoms with van der Waals surface area (Å²) in [5, 5.41) is 7.76. The molecule has 1 fully saturated rings. The Morgan fingerprint density at radius 3 is 2.67 bits per heavy atom. The molecule has 1 N–H and O–H groups in total. The van der Waals surface area contributed by atoms with Gasteiger partial charge in [-0.15, -0.1) is 0 Å². The van der Waals surface area contributed by atoms with Crippen LogP contribution in [0, 0.1) is 17.6 Å². The Morgan fingerprint density at radius 2 is 2.04 bits per heavy atom. The second kappa shape index (κ2) is 8.80. The van der Waals surface area contributed by atoms with Gasteiger partial charge in [-0.1, -0.05) is 23.8 Å². The van der Waals surface area contributed by atoms with Gasteiger partial charge in [0.2, 0.25) is 5.91 Å². The van der Waals surface area contributed by atoms with Crippen LogP contribution in [-0.4, -0.2) is 44.8 Å². The monoisotopic (exact) mass is 387 g/mol. The molecular formula is C20H29N5OS. The number of rotatable bonds is 6. The molecule has 7 heteroatoms. The summed E-state index contributed by atoms with van der Waals surface area (Å²) in [6.45, 7) is 10.1. The van der Waals surface area contributed by atoms with E-state index in [4.69, 9.17) is 17.3 Å². The Labute approximate surface area is 166 Å². The maximum Gasteiger partial charge on any atom is 0.223 e. The minimum atomic E-state index is 0.130. The van der Waals surface area contributed by atoms with E-state index in [0.717, 1.165) is 48.6 Å². The summed E-state index contributed by atoms with van der Waals surface area (Å²) in [7, 11) is 0. The lowest BCUT2D eigenvalue weighted by Gasteiger charge is -2.30. The number of piperidine rings is 1. The van der Waals surface area contributed by atoms with Crippen LogP contribution in [0.4, 0.5) is 0 Å². The van der Waals surface area contributed by atoms with Gasteiger partial charge in [-0.2, -0.15) is 5.10 Å². The molecule has 2 aromatic rings. The molecule has 1 saturated heterocycles. The van der Waals surface area contributed by atoms with Crippen molar-refractivity contribution in [3.8, 4) is 11.4 Å². The Balaban J connectivity index is 1.73. The third-order valence-electron chi connectivity index (χ3n) is 5.16. The van der Waals surface area contributed by atoms with Crippen LogP contribution < -0.4 is 5.32 Å². The number of nitrogens with zero attached hydrogens (tertiary/aromatic N) is 4. The minimum Gasteiger partial charge on any atom is -0.356 e. The summed E-state index contributed by atoms with van der Waals surface area (Å²) in [4.78, 5) is 14.4. The van der Waals surface area contributed by atoms with Crippen LogP contribution in [0.25, 0.3) is 11.4 Å². The summed E-state index contributed by atoms with van der Waals surface area (Å²) in [5.41, 5.74) is 2.31. The molecule has 0 unspecified atom stereocenters. The molecule has 1 aromatic carbocycles. The minimum absolute atomic E-state index is 0.130. The number of carbonyl (C=O) groups is 1. The fraction of sp³-hybridized carbons (Fsp3) is 0.550. The van der Waals surface area contributed by atoms with Gasteiger partial charge >= 0.3 is 0 Å². The van der Waals surface area contributed by atoms with Crippen LogP contribution in [0.1, 0.15) is 32.3 Å². The Bertz CT molecular complexity index is 848. The molecule has 0 saturated carbocycles. The number of aromatic nitrogens is 3. The average Bonchev–Trinajstić information content (AvgIpc) is 2.98. The highest BCUT2D eigenvalue weighted by Gasteiger charge is 2.25. The van der Waals surface area contributed by atoms with Crippen LogP contribution in [0.3, 0.4) is 0 Å². The van der Waals surface area contributed by atoms with Gasteiger partial charge < -0.3 is 9.88 Å². The maximum atomic E-state index is 12.0. The highest BCUT2D eigenvalue weighted by atomic mass is 32.1. The first-order valence-electron chi connectivity index (χ1n) is 9.78. The predicted molar refractivity (Wildman–Crippen MR) is 110 cm³/mol. The lowest BCUT2D eigenvalue weighted by molar-refractivity contribution is -0.126. The molecule has 0 radical (unpaired) electrons. The predicted octanol–water partition coefficient (Wildman–Crippen LogP) is 3.22. The fourth-order valence-corrected chi connectivity index (χ4v) is 3.97. The topological polar surface area (TPSA) is 55.1 Å².